The Balaban J connectivity index is 1.74. The fourth-order valence-electron chi connectivity index (χ4n) is 9.28. The molecule has 0 saturated heterocycles. The van der Waals surface area contributed by atoms with Crippen LogP contribution in [0.5, 0.6) is 0 Å². The van der Waals surface area contributed by atoms with Crippen LogP contribution in [0.15, 0.2) is 59.0 Å². The third-order valence-electron chi connectivity index (χ3n) is 13.3. The zero-order chi connectivity index (χ0) is 35.7. The molecule has 0 amide bonds. The van der Waals surface area contributed by atoms with E-state index in [0.717, 1.165) is 16.6 Å². The fourth-order valence-corrected chi connectivity index (χ4v) is 9.28. The van der Waals surface area contributed by atoms with E-state index < -0.39 is 0 Å². The van der Waals surface area contributed by atoms with Gasteiger partial charge in [-0.15, -0.1) is 38.2 Å². The first-order chi connectivity index (χ1) is 23.8. The molecule has 8 rings (SSSR count). The van der Waals surface area contributed by atoms with Gasteiger partial charge in [-0.05, 0) is 61.3 Å². The van der Waals surface area contributed by atoms with E-state index in [0.29, 0.717) is 0 Å². The molecule has 0 atom stereocenters. The monoisotopic (exact) mass is 626 g/mol. The predicted octanol–water partition coefficient (Wildman–Crippen LogP) is -12.3. The number of furan rings is 1. The van der Waals surface area contributed by atoms with Crippen LogP contribution in [0.3, 0.4) is 0 Å². The van der Waals surface area contributed by atoms with Crippen molar-refractivity contribution in [1.82, 2.24) is 0 Å². The summed E-state index contributed by atoms with van der Waals surface area (Å²) in [5.41, 5.74) is 25.3. The molecule has 0 radical (unpaired) electrons. The Hall–Kier alpha value is -4.04. The van der Waals surface area contributed by atoms with Crippen LogP contribution in [0.2, 0.25) is 0 Å². The normalized spacial score (nSPS) is 11.8. The van der Waals surface area contributed by atoms with Gasteiger partial charge in [-0.3, -0.25) is 0 Å². The van der Waals surface area contributed by atoms with Crippen molar-refractivity contribution in [3.63, 3.8) is 0 Å². The molecule has 7 aromatic carbocycles. The number of rotatable bonds is 2. The molecule has 50 heavy (non-hydrogen) atoms. The van der Waals surface area contributed by atoms with Crippen LogP contribution in [0.1, 0.15) is 0 Å². The minimum atomic E-state index is 0.937. The van der Waals surface area contributed by atoms with Crippen molar-refractivity contribution in [1.29, 1.82) is 0 Å². The van der Waals surface area contributed by atoms with Crippen molar-refractivity contribution >= 4 is 227 Å². The summed E-state index contributed by atoms with van der Waals surface area (Å²) < 4.78 is 6.81. The van der Waals surface area contributed by atoms with Gasteiger partial charge in [-0.25, -0.2) is 0 Å². The van der Waals surface area contributed by atoms with E-state index >= 15 is 0 Å². The molecular formula is C36H35B13O. The lowest BCUT2D eigenvalue weighted by Gasteiger charge is -2.30. The maximum atomic E-state index is 6.81. The highest BCUT2D eigenvalue weighted by Gasteiger charge is 2.28. The van der Waals surface area contributed by atoms with Gasteiger partial charge in [0, 0.05) is 16.2 Å². The van der Waals surface area contributed by atoms with Gasteiger partial charge >= 0.3 is 0 Å². The minimum absolute atomic E-state index is 0.937. The first kappa shape index (κ1) is 33.1. The van der Waals surface area contributed by atoms with E-state index in [1.165, 1.54) is 131 Å². The standard InChI is InChI=1S/C36H35B13O/c37-23-18-16(12-6-3-7-14-15(12)13-9-8-10-4-1-2-5-11(10)36(13)50-14)19-21(26(40)32(46)30(44)24(19)38)17(20(18)25(39)31(45)29(23)43)22-27(41)33(47)35(49)34(48)28(22)42/h1-9H,37-49H2. The van der Waals surface area contributed by atoms with Gasteiger partial charge in [0.2, 0.25) is 0 Å². The van der Waals surface area contributed by atoms with Gasteiger partial charge in [0.15, 0.2) is 0 Å². The third-order valence-corrected chi connectivity index (χ3v) is 13.3. The number of fused-ring (bicyclic) bond motifs is 7. The molecule has 8 aromatic rings. The molecule has 0 bridgehead atoms. The molecule has 0 aliphatic heterocycles. The van der Waals surface area contributed by atoms with E-state index in [-0.39, 0.29) is 0 Å². The SMILES string of the molecule is Bc1c(B)c(B)c(-c2c3c(B)c(B)c(B)c(B)c3c(-c3cccc4oc5c6ccccc6ccc5c34)c3c(B)c(B)c(B)c(B)c23)c(B)c1B. The Kier molecular flexibility index (Phi) is 7.61. The molecule has 0 aliphatic carbocycles. The Morgan fingerprint density at radius 3 is 1.32 bits per heavy atom. The Bertz CT molecular complexity index is 2750. The molecular weight excluding hydrogens is 589 g/mol. The topological polar surface area (TPSA) is 13.1 Å². The van der Waals surface area contributed by atoms with Gasteiger partial charge in [-0.2, -0.15) is 0 Å². The van der Waals surface area contributed by atoms with E-state index in [9.17, 15) is 0 Å². The summed E-state index contributed by atoms with van der Waals surface area (Å²) in [6.45, 7) is 0. The van der Waals surface area contributed by atoms with Crippen LogP contribution >= 0.6 is 0 Å². The van der Waals surface area contributed by atoms with Crippen LogP contribution < -0.4 is 71.0 Å². The van der Waals surface area contributed by atoms with Crippen molar-refractivity contribution in [3.05, 3.63) is 54.6 Å². The summed E-state index contributed by atoms with van der Waals surface area (Å²) in [4.78, 5) is 0. The summed E-state index contributed by atoms with van der Waals surface area (Å²) in [7, 11) is 30.4. The van der Waals surface area contributed by atoms with Crippen molar-refractivity contribution in [2.75, 3.05) is 0 Å². The number of benzene rings is 7. The molecule has 0 aliphatic rings. The van der Waals surface area contributed by atoms with Crippen molar-refractivity contribution < 1.29 is 4.42 Å². The quantitative estimate of drug-likeness (QED) is 0.138. The van der Waals surface area contributed by atoms with Crippen LogP contribution in [0, 0.1) is 0 Å². The van der Waals surface area contributed by atoms with Gasteiger partial charge in [-0.1, -0.05) is 75.2 Å². The van der Waals surface area contributed by atoms with E-state index in [1.54, 1.807) is 0 Å². The molecule has 224 valence electrons. The van der Waals surface area contributed by atoms with Crippen molar-refractivity contribution in [3.8, 4) is 22.3 Å². The molecule has 14 heteroatoms. The average molecular weight is 624 g/mol. The predicted molar refractivity (Wildman–Crippen MR) is 263 cm³/mol. The van der Waals surface area contributed by atoms with Crippen molar-refractivity contribution in [2.24, 2.45) is 0 Å². The summed E-state index contributed by atoms with van der Waals surface area (Å²) in [6, 6.07) is 19.8. The number of hydrogen-bond acceptors (Lipinski definition) is 1. The van der Waals surface area contributed by atoms with E-state index in [1.807, 2.05) is 0 Å². The second-order valence-electron chi connectivity index (χ2n) is 15.2. The smallest absolute Gasteiger partial charge is 0.143 e. The van der Waals surface area contributed by atoms with Crippen LogP contribution in [0.25, 0.3) is 76.5 Å². The first-order valence-corrected chi connectivity index (χ1v) is 18.1. The van der Waals surface area contributed by atoms with Gasteiger partial charge in [0.25, 0.3) is 0 Å². The minimum Gasteiger partial charge on any atom is -0.455 e. The number of hydrogen-bond donors (Lipinski definition) is 0. The maximum absolute atomic E-state index is 6.81. The second kappa shape index (κ2) is 11.5. The Morgan fingerprint density at radius 1 is 0.320 bits per heavy atom. The summed E-state index contributed by atoms with van der Waals surface area (Å²) in [5, 5.41) is 10.3. The molecule has 0 unspecified atom stereocenters. The van der Waals surface area contributed by atoms with Gasteiger partial charge < -0.3 is 4.42 Å². The highest BCUT2D eigenvalue weighted by Crippen LogP contribution is 2.45. The lowest BCUT2D eigenvalue weighted by atomic mass is 9.56. The van der Waals surface area contributed by atoms with Crippen LogP contribution in [-0.4, -0.2) is 102 Å². The highest BCUT2D eigenvalue weighted by atomic mass is 16.3. The summed E-state index contributed by atoms with van der Waals surface area (Å²) >= 11 is 0. The first-order valence-electron chi connectivity index (χ1n) is 18.1. The van der Waals surface area contributed by atoms with Gasteiger partial charge in [0.1, 0.15) is 113 Å². The lowest BCUT2D eigenvalue weighted by molar-refractivity contribution is 0.673. The fraction of sp³-hybridized carbons (Fsp3) is 0. The summed E-state index contributed by atoms with van der Waals surface area (Å²) in [5.74, 6) is 0. The third kappa shape index (κ3) is 4.26. The molecule has 0 N–H and O–H groups in total. The average Bonchev–Trinajstić information content (AvgIpc) is 3.52. The highest BCUT2D eigenvalue weighted by molar-refractivity contribution is 6.73. The molecule has 0 fully saturated rings. The molecule has 1 aromatic heterocycles. The van der Waals surface area contributed by atoms with Gasteiger partial charge in [0.05, 0.1) is 0 Å². The van der Waals surface area contributed by atoms with Crippen LogP contribution in [0.4, 0.5) is 0 Å². The Labute approximate surface area is 307 Å². The zero-order valence-electron chi connectivity index (χ0n) is 32.1. The largest absolute Gasteiger partial charge is 0.455 e. The lowest BCUT2D eigenvalue weighted by Crippen LogP contribution is -2.55. The van der Waals surface area contributed by atoms with Crippen LogP contribution in [-0.2, 0) is 0 Å². The van der Waals surface area contributed by atoms with E-state index in [4.69, 9.17) is 4.42 Å². The molecule has 1 heterocycles. The Morgan fingerprint density at radius 2 is 0.780 bits per heavy atom. The molecule has 0 saturated carbocycles. The van der Waals surface area contributed by atoms with E-state index in [2.05, 4.69) is 157 Å². The second-order valence-corrected chi connectivity index (χ2v) is 15.2. The summed E-state index contributed by atoms with van der Waals surface area (Å²) in [6.07, 6.45) is 0. The van der Waals surface area contributed by atoms with Crippen molar-refractivity contribution in [2.45, 2.75) is 0 Å². The molecule has 1 nitrogen and oxygen atoms in total. The molecule has 0 spiro atoms. The zero-order valence-corrected chi connectivity index (χ0v) is 32.1. The maximum Gasteiger partial charge on any atom is 0.143 e.